The second-order valence-electron chi connectivity index (χ2n) is 5.75. The smallest absolute Gasteiger partial charge is 0.119 e. The van der Waals surface area contributed by atoms with Crippen LogP contribution in [0.4, 0.5) is 0 Å². The van der Waals surface area contributed by atoms with E-state index in [0.29, 0.717) is 6.61 Å². The summed E-state index contributed by atoms with van der Waals surface area (Å²) >= 11 is 0. The van der Waals surface area contributed by atoms with E-state index in [9.17, 15) is 0 Å². The molecule has 1 aromatic carbocycles. The first-order valence-corrected chi connectivity index (χ1v) is 7.79. The number of benzene rings is 1. The molecule has 0 heterocycles. The summed E-state index contributed by atoms with van der Waals surface area (Å²) in [5.74, 6) is 7.27. The van der Waals surface area contributed by atoms with Crippen LogP contribution in [-0.4, -0.2) is 43.4 Å². The van der Waals surface area contributed by atoms with Gasteiger partial charge in [0.25, 0.3) is 0 Å². The van der Waals surface area contributed by atoms with Gasteiger partial charge in [-0.1, -0.05) is 24.7 Å². The Balaban J connectivity index is 1.67. The monoisotopic (exact) mass is 287 g/mol. The Kier molecular flexibility index (Phi) is 6.59. The summed E-state index contributed by atoms with van der Waals surface area (Å²) in [5, 5.41) is 8.65. The largest absolute Gasteiger partial charge is 0.492 e. The van der Waals surface area contributed by atoms with Crippen LogP contribution in [0, 0.1) is 17.8 Å². The lowest BCUT2D eigenvalue weighted by Gasteiger charge is -2.20. The molecule has 1 saturated carbocycles. The Hall–Kier alpha value is -1.50. The highest BCUT2D eigenvalue weighted by molar-refractivity contribution is 5.38. The van der Waals surface area contributed by atoms with Gasteiger partial charge in [0.05, 0.1) is 0 Å². The highest BCUT2D eigenvalue weighted by atomic mass is 16.5. The predicted octanol–water partition coefficient (Wildman–Crippen LogP) is 2.53. The van der Waals surface area contributed by atoms with Crippen molar-refractivity contribution in [1.29, 1.82) is 0 Å². The fraction of sp³-hybridized carbons (Fsp3) is 0.556. The minimum Gasteiger partial charge on any atom is -0.492 e. The zero-order valence-electron chi connectivity index (χ0n) is 12.8. The van der Waals surface area contributed by atoms with Gasteiger partial charge in [-0.3, -0.25) is 0 Å². The van der Waals surface area contributed by atoms with Gasteiger partial charge < -0.3 is 14.7 Å². The van der Waals surface area contributed by atoms with Crippen LogP contribution < -0.4 is 4.74 Å². The molecule has 0 unspecified atom stereocenters. The second kappa shape index (κ2) is 8.71. The lowest BCUT2D eigenvalue weighted by molar-refractivity contribution is 0.215. The van der Waals surface area contributed by atoms with Crippen molar-refractivity contribution >= 4 is 0 Å². The first-order valence-electron chi connectivity index (χ1n) is 7.79. The molecule has 3 nitrogen and oxygen atoms in total. The maximum atomic E-state index is 8.65. The van der Waals surface area contributed by atoms with Gasteiger partial charge in [0, 0.05) is 18.7 Å². The van der Waals surface area contributed by atoms with Gasteiger partial charge in [0.1, 0.15) is 19.0 Å². The Morgan fingerprint density at radius 1 is 1.24 bits per heavy atom. The third-order valence-corrected chi connectivity index (χ3v) is 3.95. The Morgan fingerprint density at radius 2 is 1.95 bits per heavy atom. The summed E-state index contributed by atoms with van der Waals surface area (Å²) in [5.41, 5.74) is 0.898. The van der Waals surface area contributed by atoms with E-state index in [2.05, 4.69) is 23.8 Å². The number of likely N-dealkylation sites (N-methyl/N-ethyl adjacent to an activating group) is 1. The Labute approximate surface area is 127 Å². The van der Waals surface area contributed by atoms with Crippen LogP contribution in [0.1, 0.15) is 31.2 Å². The van der Waals surface area contributed by atoms with Gasteiger partial charge in [-0.15, -0.1) is 0 Å². The summed E-state index contributed by atoms with van der Waals surface area (Å²) in [6.07, 6.45) is 5.59. The quantitative estimate of drug-likeness (QED) is 0.816. The molecule has 0 atom stereocenters. The molecule has 1 aromatic rings. The first-order chi connectivity index (χ1) is 10.3. The van der Waals surface area contributed by atoms with E-state index >= 15 is 0 Å². The van der Waals surface area contributed by atoms with Crippen LogP contribution in [0.25, 0.3) is 0 Å². The van der Waals surface area contributed by atoms with Crippen molar-refractivity contribution in [3.05, 3.63) is 29.8 Å². The number of hydrogen-bond donors (Lipinski definition) is 1. The van der Waals surface area contributed by atoms with Gasteiger partial charge in [0.2, 0.25) is 0 Å². The molecule has 0 bridgehead atoms. The van der Waals surface area contributed by atoms with Crippen molar-refractivity contribution in [2.24, 2.45) is 5.92 Å². The molecule has 0 aliphatic heterocycles. The zero-order chi connectivity index (χ0) is 14.9. The molecule has 0 spiro atoms. The van der Waals surface area contributed by atoms with E-state index in [1.54, 1.807) is 0 Å². The molecule has 114 valence electrons. The molecule has 1 aliphatic rings. The molecule has 0 radical (unpaired) electrons. The summed E-state index contributed by atoms with van der Waals surface area (Å²) in [6.45, 7) is 2.76. The molecule has 1 aliphatic carbocycles. The average Bonchev–Trinajstić information content (AvgIpc) is 2.99. The van der Waals surface area contributed by atoms with E-state index in [1.165, 1.54) is 32.2 Å². The summed E-state index contributed by atoms with van der Waals surface area (Å²) in [7, 11) is 2.18. The zero-order valence-corrected chi connectivity index (χ0v) is 12.8. The molecular formula is C18H25NO2. The van der Waals surface area contributed by atoms with E-state index in [4.69, 9.17) is 9.84 Å². The standard InChI is InChI=1S/C18H25NO2/c1-19(15-17-5-2-3-6-17)12-14-21-18-10-8-16(9-11-18)7-4-13-20/h8-11,17,20H,2-3,5-6,12-15H2,1H3. The minimum absolute atomic E-state index is 0.106. The van der Waals surface area contributed by atoms with E-state index in [-0.39, 0.29) is 6.61 Å². The van der Waals surface area contributed by atoms with Crippen LogP contribution in [0.2, 0.25) is 0 Å². The molecule has 3 heteroatoms. The van der Waals surface area contributed by atoms with Crippen LogP contribution in [0.5, 0.6) is 5.75 Å². The van der Waals surface area contributed by atoms with Crippen LogP contribution in [-0.2, 0) is 0 Å². The van der Waals surface area contributed by atoms with Crippen LogP contribution in [0.15, 0.2) is 24.3 Å². The summed E-state index contributed by atoms with van der Waals surface area (Å²) < 4.78 is 5.76. The SMILES string of the molecule is CN(CCOc1ccc(C#CCO)cc1)CC1CCCC1. The Bertz CT molecular complexity index is 466. The lowest BCUT2D eigenvalue weighted by atomic mass is 10.1. The van der Waals surface area contributed by atoms with Crippen molar-refractivity contribution < 1.29 is 9.84 Å². The van der Waals surface area contributed by atoms with Crippen molar-refractivity contribution in [1.82, 2.24) is 4.90 Å². The van der Waals surface area contributed by atoms with E-state index in [1.807, 2.05) is 24.3 Å². The maximum Gasteiger partial charge on any atom is 0.119 e. The van der Waals surface area contributed by atoms with Gasteiger partial charge >= 0.3 is 0 Å². The summed E-state index contributed by atoms with van der Waals surface area (Å²) in [4.78, 5) is 2.37. The second-order valence-corrected chi connectivity index (χ2v) is 5.75. The average molecular weight is 287 g/mol. The third-order valence-electron chi connectivity index (χ3n) is 3.95. The van der Waals surface area contributed by atoms with Crippen molar-refractivity contribution in [2.45, 2.75) is 25.7 Å². The predicted molar refractivity (Wildman–Crippen MR) is 85.4 cm³/mol. The van der Waals surface area contributed by atoms with Crippen LogP contribution in [0.3, 0.4) is 0 Å². The Morgan fingerprint density at radius 3 is 2.62 bits per heavy atom. The van der Waals surface area contributed by atoms with Gasteiger partial charge in [-0.25, -0.2) is 0 Å². The molecular weight excluding hydrogens is 262 g/mol. The minimum atomic E-state index is -0.106. The molecule has 21 heavy (non-hydrogen) atoms. The van der Waals surface area contributed by atoms with Gasteiger partial charge in [-0.2, -0.15) is 0 Å². The number of nitrogens with zero attached hydrogens (tertiary/aromatic N) is 1. The molecule has 0 aromatic heterocycles. The molecule has 2 rings (SSSR count). The highest BCUT2D eigenvalue weighted by Gasteiger charge is 2.16. The summed E-state index contributed by atoms with van der Waals surface area (Å²) in [6, 6.07) is 7.69. The van der Waals surface area contributed by atoms with Gasteiger partial charge in [-0.05, 0) is 50.1 Å². The number of ether oxygens (including phenoxy) is 1. The van der Waals surface area contributed by atoms with E-state index in [0.717, 1.165) is 23.8 Å². The highest BCUT2D eigenvalue weighted by Crippen LogP contribution is 2.25. The number of rotatable bonds is 6. The van der Waals surface area contributed by atoms with Gasteiger partial charge in [0.15, 0.2) is 0 Å². The number of aliphatic hydroxyl groups excluding tert-OH is 1. The fourth-order valence-electron chi connectivity index (χ4n) is 2.82. The topological polar surface area (TPSA) is 32.7 Å². The maximum absolute atomic E-state index is 8.65. The molecule has 0 amide bonds. The number of aliphatic hydroxyl groups is 1. The van der Waals surface area contributed by atoms with Crippen molar-refractivity contribution in [3.8, 4) is 17.6 Å². The molecule has 1 fully saturated rings. The molecule has 0 saturated heterocycles. The third kappa shape index (κ3) is 5.79. The van der Waals surface area contributed by atoms with E-state index < -0.39 is 0 Å². The van der Waals surface area contributed by atoms with Crippen molar-refractivity contribution in [3.63, 3.8) is 0 Å². The normalized spacial score (nSPS) is 15.0. The first kappa shape index (κ1) is 15.9. The molecule has 1 N–H and O–H groups in total. The van der Waals surface area contributed by atoms with Crippen LogP contribution >= 0.6 is 0 Å². The number of hydrogen-bond acceptors (Lipinski definition) is 3. The van der Waals surface area contributed by atoms with Crippen molar-refractivity contribution in [2.75, 3.05) is 33.4 Å². The lowest BCUT2D eigenvalue weighted by Crippen LogP contribution is -2.28. The fourth-order valence-corrected chi connectivity index (χ4v) is 2.82.